The molecular formula is C16H14BrCl2N. The summed E-state index contributed by atoms with van der Waals surface area (Å²) in [7, 11) is 0. The van der Waals surface area contributed by atoms with E-state index in [1.54, 1.807) is 0 Å². The molecular weight excluding hydrogens is 357 g/mol. The zero-order valence-electron chi connectivity index (χ0n) is 10.7. The van der Waals surface area contributed by atoms with E-state index in [9.17, 15) is 0 Å². The van der Waals surface area contributed by atoms with E-state index >= 15 is 0 Å². The van der Waals surface area contributed by atoms with E-state index < -0.39 is 0 Å². The van der Waals surface area contributed by atoms with Gasteiger partial charge in [-0.05, 0) is 48.6 Å². The van der Waals surface area contributed by atoms with Gasteiger partial charge in [-0.25, -0.2) is 0 Å². The predicted octanol–water partition coefficient (Wildman–Crippen LogP) is 6.11. The standard InChI is InChI=1S/C16H14BrCl2N/c17-11-5-6-16(15(19)9-11)20-12-7-10(8-12)13-3-1-2-4-14(13)18/h1-6,9-10,12,20H,7-8H2. The van der Waals surface area contributed by atoms with Gasteiger partial charge in [0, 0.05) is 15.5 Å². The summed E-state index contributed by atoms with van der Waals surface area (Å²) in [5.41, 5.74) is 2.26. The summed E-state index contributed by atoms with van der Waals surface area (Å²) in [6.07, 6.45) is 2.19. The van der Waals surface area contributed by atoms with Gasteiger partial charge in [0.05, 0.1) is 10.7 Å². The van der Waals surface area contributed by atoms with Crippen molar-refractivity contribution in [2.45, 2.75) is 24.8 Å². The Labute approximate surface area is 137 Å². The van der Waals surface area contributed by atoms with E-state index in [0.717, 1.165) is 33.0 Å². The maximum absolute atomic E-state index is 6.24. The smallest absolute Gasteiger partial charge is 0.0648 e. The molecule has 0 amide bonds. The summed E-state index contributed by atoms with van der Waals surface area (Å²) in [5.74, 6) is 0.551. The van der Waals surface area contributed by atoms with Crippen LogP contribution in [0.1, 0.15) is 24.3 Å². The molecule has 2 aromatic carbocycles. The van der Waals surface area contributed by atoms with Gasteiger partial charge < -0.3 is 5.32 Å². The van der Waals surface area contributed by atoms with Crippen molar-refractivity contribution in [3.63, 3.8) is 0 Å². The minimum atomic E-state index is 0.468. The van der Waals surface area contributed by atoms with Crippen LogP contribution in [0.2, 0.25) is 10.0 Å². The van der Waals surface area contributed by atoms with E-state index in [-0.39, 0.29) is 0 Å². The van der Waals surface area contributed by atoms with Crippen LogP contribution in [-0.2, 0) is 0 Å². The molecule has 3 rings (SSSR count). The number of nitrogens with one attached hydrogen (secondary N) is 1. The predicted molar refractivity (Wildman–Crippen MR) is 90.0 cm³/mol. The van der Waals surface area contributed by atoms with Gasteiger partial charge >= 0.3 is 0 Å². The molecule has 2 aromatic rings. The van der Waals surface area contributed by atoms with E-state index in [1.807, 2.05) is 36.4 Å². The van der Waals surface area contributed by atoms with Crippen molar-refractivity contribution >= 4 is 44.8 Å². The number of rotatable bonds is 3. The van der Waals surface area contributed by atoms with Gasteiger partial charge in [-0.1, -0.05) is 57.3 Å². The number of hydrogen-bond donors (Lipinski definition) is 1. The molecule has 0 unspecified atom stereocenters. The summed E-state index contributed by atoms with van der Waals surface area (Å²) in [5, 5.41) is 5.12. The van der Waals surface area contributed by atoms with Crippen molar-refractivity contribution in [2.75, 3.05) is 5.32 Å². The highest BCUT2D eigenvalue weighted by Gasteiger charge is 2.31. The molecule has 0 radical (unpaired) electrons. The van der Waals surface area contributed by atoms with E-state index in [1.165, 1.54) is 5.56 Å². The first-order chi connectivity index (χ1) is 9.63. The van der Waals surface area contributed by atoms with Crippen molar-refractivity contribution < 1.29 is 0 Å². The molecule has 0 heterocycles. The highest BCUT2D eigenvalue weighted by Crippen LogP contribution is 2.41. The highest BCUT2D eigenvalue weighted by molar-refractivity contribution is 9.10. The summed E-state index contributed by atoms with van der Waals surface area (Å²) < 4.78 is 0.996. The normalized spacial score (nSPS) is 21.4. The zero-order valence-corrected chi connectivity index (χ0v) is 13.8. The van der Waals surface area contributed by atoms with Crippen LogP contribution in [0.3, 0.4) is 0 Å². The molecule has 1 aliphatic carbocycles. The third-order valence-electron chi connectivity index (χ3n) is 3.77. The molecule has 0 spiro atoms. The Balaban J connectivity index is 1.62. The fraction of sp³-hybridized carbons (Fsp3) is 0.250. The Hall–Kier alpha value is -0.700. The molecule has 1 saturated carbocycles. The lowest BCUT2D eigenvalue weighted by Gasteiger charge is -2.37. The van der Waals surface area contributed by atoms with Gasteiger partial charge in [0.25, 0.3) is 0 Å². The lowest BCUT2D eigenvalue weighted by atomic mass is 9.76. The minimum absolute atomic E-state index is 0.468. The number of halogens is 3. The average molecular weight is 371 g/mol. The van der Waals surface area contributed by atoms with Crippen LogP contribution in [-0.4, -0.2) is 6.04 Å². The second-order valence-electron chi connectivity index (χ2n) is 5.16. The van der Waals surface area contributed by atoms with Crippen LogP contribution in [0, 0.1) is 0 Å². The second-order valence-corrected chi connectivity index (χ2v) is 6.89. The molecule has 0 aliphatic heterocycles. The molecule has 1 nitrogen and oxygen atoms in total. The topological polar surface area (TPSA) is 12.0 Å². The summed E-state index contributed by atoms with van der Waals surface area (Å²) in [6, 6.07) is 14.5. The Morgan fingerprint density at radius 1 is 1.00 bits per heavy atom. The lowest BCUT2D eigenvalue weighted by Crippen LogP contribution is -2.34. The molecule has 1 aliphatic rings. The molecule has 0 aromatic heterocycles. The van der Waals surface area contributed by atoms with Gasteiger partial charge in [0.2, 0.25) is 0 Å². The van der Waals surface area contributed by atoms with Crippen molar-refractivity contribution in [2.24, 2.45) is 0 Å². The van der Waals surface area contributed by atoms with Crippen molar-refractivity contribution in [3.8, 4) is 0 Å². The van der Waals surface area contributed by atoms with E-state index in [0.29, 0.717) is 12.0 Å². The maximum Gasteiger partial charge on any atom is 0.0648 e. The van der Waals surface area contributed by atoms with Crippen LogP contribution >= 0.6 is 39.1 Å². The third-order valence-corrected chi connectivity index (χ3v) is 4.92. The number of benzene rings is 2. The van der Waals surface area contributed by atoms with Crippen molar-refractivity contribution in [1.82, 2.24) is 0 Å². The largest absolute Gasteiger partial charge is 0.381 e. The molecule has 0 bridgehead atoms. The van der Waals surface area contributed by atoms with Gasteiger partial charge in [0.15, 0.2) is 0 Å². The van der Waals surface area contributed by atoms with Crippen LogP contribution in [0.5, 0.6) is 0 Å². The molecule has 1 fully saturated rings. The monoisotopic (exact) mass is 369 g/mol. The lowest BCUT2D eigenvalue weighted by molar-refractivity contribution is 0.374. The fourth-order valence-corrected chi connectivity index (χ4v) is 3.64. The SMILES string of the molecule is Clc1cc(Br)ccc1NC1CC(c2ccccc2Cl)C1. The van der Waals surface area contributed by atoms with Crippen LogP contribution in [0.4, 0.5) is 5.69 Å². The van der Waals surface area contributed by atoms with Gasteiger partial charge in [-0.2, -0.15) is 0 Å². The first kappa shape index (κ1) is 14.2. The van der Waals surface area contributed by atoms with E-state index in [4.69, 9.17) is 23.2 Å². The van der Waals surface area contributed by atoms with Crippen LogP contribution in [0.15, 0.2) is 46.9 Å². The molecule has 0 atom stereocenters. The van der Waals surface area contributed by atoms with Gasteiger partial charge in [-0.3, -0.25) is 0 Å². The zero-order chi connectivity index (χ0) is 14.1. The van der Waals surface area contributed by atoms with Gasteiger partial charge in [0.1, 0.15) is 0 Å². The summed E-state index contributed by atoms with van der Waals surface area (Å²) in [6.45, 7) is 0. The Bertz CT molecular complexity index is 624. The molecule has 104 valence electrons. The number of hydrogen-bond acceptors (Lipinski definition) is 1. The van der Waals surface area contributed by atoms with Crippen LogP contribution in [0.25, 0.3) is 0 Å². The third kappa shape index (κ3) is 2.98. The van der Waals surface area contributed by atoms with Crippen LogP contribution < -0.4 is 5.32 Å². The van der Waals surface area contributed by atoms with Crippen molar-refractivity contribution in [1.29, 1.82) is 0 Å². The Morgan fingerprint density at radius 2 is 1.75 bits per heavy atom. The Kier molecular flexibility index (Phi) is 4.25. The molecule has 1 N–H and O–H groups in total. The first-order valence-corrected chi connectivity index (χ1v) is 8.14. The fourth-order valence-electron chi connectivity index (χ4n) is 2.62. The molecule has 20 heavy (non-hydrogen) atoms. The van der Waals surface area contributed by atoms with Gasteiger partial charge in [-0.15, -0.1) is 0 Å². The van der Waals surface area contributed by atoms with E-state index in [2.05, 4.69) is 27.3 Å². The maximum atomic E-state index is 6.24. The highest BCUT2D eigenvalue weighted by atomic mass is 79.9. The number of anilines is 1. The summed E-state index contributed by atoms with van der Waals surface area (Å²) >= 11 is 15.9. The Morgan fingerprint density at radius 3 is 2.45 bits per heavy atom. The quantitative estimate of drug-likeness (QED) is 0.686. The summed E-state index contributed by atoms with van der Waals surface area (Å²) in [4.78, 5) is 0. The average Bonchev–Trinajstić information content (AvgIpc) is 2.37. The first-order valence-electron chi connectivity index (χ1n) is 6.59. The second kappa shape index (κ2) is 5.97. The molecule has 0 saturated heterocycles. The van der Waals surface area contributed by atoms with Crippen molar-refractivity contribution in [3.05, 3.63) is 62.5 Å². The minimum Gasteiger partial charge on any atom is -0.381 e. The molecule has 4 heteroatoms.